The summed E-state index contributed by atoms with van der Waals surface area (Å²) in [6.07, 6.45) is 16.0. The van der Waals surface area contributed by atoms with Crippen LogP contribution in [-0.2, 0) is 0 Å². The Hall–Kier alpha value is -0.780. The lowest BCUT2D eigenvalue weighted by molar-refractivity contribution is 0.612. The first kappa shape index (κ1) is 14.2. The molecule has 0 aliphatic rings. The minimum absolute atomic E-state index is 0.680. The van der Waals surface area contributed by atoms with E-state index in [0.717, 1.165) is 0 Å². The van der Waals surface area contributed by atoms with Gasteiger partial charge in [0.1, 0.15) is 0 Å². The van der Waals surface area contributed by atoms with Crippen molar-refractivity contribution >= 4 is 0 Å². The maximum Gasteiger partial charge on any atom is -0.0191 e. The average Bonchev–Trinajstić information content (AvgIpc) is 2.23. The van der Waals surface area contributed by atoms with Crippen molar-refractivity contribution in [2.75, 3.05) is 0 Å². The normalized spacial score (nSPS) is 15.3. The van der Waals surface area contributed by atoms with Crippen LogP contribution in [0.3, 0.4) is 0 Å². The maximum absolute atomic E-state index is 2.31. The summed E-state index contributed by atoms with van der Waals surface area (Å²) in [4.78, 5) is 0. The van der Waals surface area contributed by atoms with Crippen LogP contribution in [0.5, 0.6) is 0 Å². The summed E-state index contributed by atoms with van der Waals surface area (Å²) in [5.74, 6) is 0.680. The molecule has 0 saturated heterocycles. The van der Waals surface area contributed by atoms with Crippen molar-refractivity contribution in [1.29, 1.82) is 0 Å². The number of hydrogen-bond donors (Lipinski definition) is 0. The third-order valence-corrected chi connectivity index (χ3v) is 2.54. The van der Waals surface area contributed by atoms with E-state index in [0.29, 0.717) is 5.92 Å². The predicted molar refractivity (Wildman–Crippen MR) is 71.0 cm³/mol. The Kier molecular flexibility index (Phi) is 9.26. The average molecular weight is 206 g/mol. The fourth-order valence-corrected chi connectivity index (χ4v) is 1.58. The van der Waals surface area contributed by atoms with E-state index in [1.807, 2.05) is 0 Å². The van der Waals surface area contributed by atoms with Gasteiger partial charge in [-0.25, -0.2) is 0 Å². The summed E-state index contributed by atoms with van der Waals surface area (Å²) in [5, 5.41) is 0. The van der Waals surface area contributed by atoms with Crippen LogP contribution < -0.4 is 0 Å². The Bertz CT molecular complexity index is 218. The van der Waals surface area contributed by atoms with Crippen LogP contribution in [0.25, 0.3) is 0 Å². The van der Waals surface area contributed by atoms with Crippen molar-refractivity contribution in [1.82, 2.24) is 0 Å². The van der Waals surface area contributed by atoms with E-state index < -0.39 is 0 Å². The van der Waals surface area contributed by atoms with E-state index in [-0.39, 0.29) is 0 Å². The van der Waals surface area contributed by atoms with Gasteiger partial charge in [0.15, 0.2) is 0 Å². The number of rotatable bonds is 7. The highest BCUT2D eigenvalue weighted by atomic mass is 14.1. The van der Waals surface area contributed by atoms with Gasteiger partial charge in [0.25, 0.3) is 0 Å². The van der Waals surface area contributed by atoms with Gasteiger partial charge in [-0.15, -0.1) is 0 Å². The topological polar surface area (TPSA) is 0 Å². The van der Waals surface area contributed by atoms with Crippen molar-refractivity contribution in [3.63, 3.8) is 0 Å². The molecule has 0 radical (unpaired) electrons. The predicted octanol–water partition coefficient (Wildman–Crippen LogP) is 5.28. The molecule has 0 heterocycles. The number of allylic oxidation sites excluding steroid dienone is 6. The molecule has 0 nitrogen and oxygen atoms in total. The third kappa shape index (κ3) is 7.18. The van der Waals surface area contributed by atoms with E-state index in [1.54, 1.807) is 0 Å². The van der Waals surface area contributed by atoms with Crippen molar-refractivity contribution in [3.05, 3.63) is 36.0 Å². The number of unbranched alkanes of at least 4 members (excludes halogenated alkanes) is 1. The van der Waals surface area contributed by atoms with E-state index >= 15 is 0 Å². The van der Waals surface area contributed by atoms with Gasteiger partial charge in [-0.2, -0.15) is 0 Å². The lowest BCUT2D eigenvalue weighted by atomic mass is 9.95. The van der Waals surface area contributed by atoms with E-state index in [4.69, 9.17) is 0 Å². The second-order valence-electron chi connectivity index (χ2n) is 4.07. The molecule has 1 atom stereocenters. The molecule has 0 aliphatic heterocycles. The molecule has 0 aromatic heterocycles. The van der Waals surface area contributed by atoms with Gasteiger partial charge in [0, 0.05) is 0 Å². The molecule has 0 aromatic carbocycles. The first-order chi connectivity index (χ1) is 7.26. The fourth-order valence-electron chi connectivity index (χ4n) is 1.58. The largest absolute Gasteiger partial charge is 0.0877 e. The lowest BCUT2D eigenvalue weighted by Crippen LogP contribution is -1.96. The second kappa shape index (κ2) is 9.76. The Balaban J connectivity index is 4.43. The summed E-state index contributed by atoms with van der Waals surface area (Å²) in [6, 6.07) is 0. The SMILES string of the molecule is CC=CC=C(C=CCCC)C(C)CCC. The van der Waals surface area contributed by atoms with Gasteiger partial charge in [0.05, 0.1) is 0 Å². The second-order valence-corrected chi connectivity index (χ2v) is 4.07. The summed E-state index contributed by atoms with van der Waals surface area (Å²) in [6.45, 7) is 8.85. The van der Waals surface area contributed by atoms with Crippen molar-refractivity contribution in [2.24, 2.45) is 5.92 Å². The van der Waals surface area contributed by atoms with Crippen LogP contribution >= 0.6 is 0 Å². The van der Waals surface area contributed by atoms with Crippen LogP contribution in [0, 0.1) is 5.92 Å². The highest BCUT2D eigenvalue weighted by Gasteiger charge is 2.03. The Morgan fingerprint density at radius 1 is 1.20 bits per heavy atom. The zero-order chi connectivity index (χ0) is 11.5. The quantitative estimate of drug-likeness (QED) is 0.497. The molecule has 1 unspecified atom stereocenters. The molecular formula is C15H26. The molecule has 0 amide bonds. The smallest absolute Gasteiger partial charge is 0.0191 e. The minimum Gasteiger partial charge on any atom is -0.0877 e. The highest BCUT2D eigenvalue weighted by Crippen LogP contribution is 2.18. The molecule has 0 N–H and O–H groups in total. The zero-order valence-corrected chi connectivity index (χ0v) is 10.8. The van der Waals surface area contributed by atoms with Gasteiger partial charge >= 0.3 is 0 Å². The first-order valence-corrected chi connectivity index (χ1v) is 6.25. The summed E-state index contributed by atoms with van der Waals surface area (Å²) in [5.41, 5.74) is 1.46. The molecular weight excluding hydrogens is 180 g/mol. The molecule has 0 spiro atoms. The third-order valence-electron chi connectivity index (χ3n) is 2.54. The van der Waals surface area contributed by atoms with Crippen LogP contribution in [0.1, 0.15) is 53.4 Å². The van der Waals surface area contributed by atoms with Gasteiger partial charge in [-0.3, -0.25) is 0 Å². The standard InChI is InChI=1S/C15H26/c1-5-8-10-13-15(12-9-6-2)14(4)11-7-3/h6,9-10,12-14H,5,7-8,11H2,1-4H3. The lowest BCUT2D eigenvalue weighted by Gasteiger charge is -2.11. The minimum atomic E-state index is 0.680. The molecule has 86 valence electrons. The van der Waals surface area contributed by atoms with Crippen LogP contribution in [0.4, 0.5) is 0 Å². The maximum atomic E-state index is 2.31. The summed E-state index contributed by atoms with van der Waals surface area (Å²) >= 11 is 0. The fraction of sp³-hybridized carbons (Fsp3) is 0.600. The van der Waals surface area contributed by atoms with Crippen LogP contribution in [0.2, 0.25) is 0 Å². The molecule has 0 rings (SSSR count). The van der Waals surface area contributed by atoms with Crippen LogP contribution in [-0.4, -0.2) is 0 Å². The zero-order valence-electron chi connectivity index (χ0n) is 10.8. The van der Waals surface area contributed by atoms with Crippen molar-refractivity contribution in [3.8, 4) is 0 Å². The van der Waals surface area contributed by atoms with E-state index in [9.17, 15) is 0 Å². The van der Waals surface area contributed by atoms with Gasteiger partial charge in [-0.05, 0) is 31.3 Å². The summed E-state index contributed by atoms with van der Waals surface area (Å²) in [7, 11) is 0. The van der Waals surface area contributed by atoms with Gasteiger partial charge in [-0.1, -0.05) is 64.0 Å². The van der Waals surface area contributed by atoms with Gasteiger partial charge < -0.3 is 0 Å². The monoisotopic (exact) mass is 206 g/mol. The molecule has 0 fully saturated rings. The molecule has 0 bridgehead atoms. The summed E-state index contributed by atoms with van der Waals surface area (Å²) < 4.78 is 0. The van der Waals surface area contributed by atoms with Crippen LogP contribution in [0.15, 0.2) is 36.0 Å². The molecule has 0 saturated carbocycles. The molecule has 15 heavy (non-hydrogen) atoms. The van der Waals surface area contributed by atoms with Crippen molar-refractivity contribution < 1.29 is 0 Å². The van der Waals surface area contributed by atoms with Crippen molar-refractivity contribution in [2.45, 2.75) is 53.4 Å². The highest BCUT2D eigenvalue weighted by molar-refractivity contribution is 5.25. The Morgan fingerprint density at radius 3 is 2.47 bits per heavy atom. The first-order valence-electron chi connectivity index (χ1n) is 6.25. The Labute approximate surface area is 95.8 Å². The van der Waals surface area contributed by atoms with E-state index in [2.05, 4.69) is 58.1 Å². The van der Waals surface area contributed by atoms with E-state index in [1.165, 1.54) is 31.3 Å². The number of hydrogen-bond acceptors (Lipinski definition) is 0. The Morgan fingerprint density at radius 2 is 1.93 bits per heavy atom. The van der Waals surface area contributed by atoms with Gasteiger partial charge in [0.2, 0.25) is 0 Å². The molecule has 0 aliphatic carbocycles. The molecule has 0 heteroatoms. The molecule has 0 aromatic rings.